The minimum atomic E-state index is -0.581. The predicted octanol–water partition coefficient (Wildman–Crippen LogP) is 3.19. The molecule has 0 spiro atoms. The molecule has 7 heteroatoms. The summed E-state index contributed by atoms with van der Waals surface area (Å²) in [6.07, 6.45) is 1.41. The molecule has 2 aromatic rings. The highest BCUT2D eigenvalue weighted by Gasteiger charge is 2.34. The molecule has 5 nitrogen and oxygen atoms in total. The number of carbonyl (C=O) groups excluding carboxylic acids is 2. The fourth-order valence-corrected chi connectivity index (χ4v) is 2.84. The van der Waals surface area contributed by atoms with Crippen LogP contribution in [0.4, 0.5) is 5.69 Å². The summed E-state index contributed by atoms with van der Waals surface area (Å²) in [4.78, 5) is 26.3. The number of benzene rings is 2. The monoisotopic (exact) mass is 372 g/mol. The number of phenolic OH excluding ortho intramolecular Hbond substituents is 1. The first-order chi connectivity index (χ1) is 11.9. The van der Waals surface area contributed by atoms with Gasteiger partial charge in [-0.25, -0.2) is 0 Å². The van der Waals surface area contributed by atoms with E-state index < -0.39 is 11.8 Å². The number of carbonyl (C=O) groups is 2. The average Bonchev–Trinajstić information content (AvgIpc) is 2.56. The van der Waals surface area contributed by atoms with Crippen molar-refractivity contribution < 1.29 is 14.7 Å². The SMILES string of the molecule is Cc1ccc(N2C(=O)/C(=C/c3ccc(O)c(Cl)c3)C(=O)NC2=S)cc1. The lowest BCUT2D eigenvalue weighted by Crippen LogP contribution is -2.54. The van der Waals surface area contributed by atoms with Crippen molar-refractivity contribution in [2.75, 3.05) is 4.90 Å². The van der Waals surface area contributed by atoms with E-state index in [0.717, 1.165) is 5.56 Å². The molecule has 0 bridgehead atoms. The number of thiocarbonyl (C=S) groups is 1. The number of rotatable bonds is 2. The highest BCUT2D eigenvalue weighted by molar-refractivity contribution is 7.80. The highest BCUT2D eigenvalue weighted by atomic mass is 35.5. The number of halogens is 1. The average molecular weight is 373 g/mol. The number of phenols is 1. The molecule has 126 valence electrons. The number of amides is 2. The summed E-state index contributed by atoms with van der Waals surface area (Å²) in [5.74, 6) is -1.19. The number of aryl methyl sites for hydroxylation is 1. The van der Waals surface area contributed by atoms with Gasteiger partial charge in [0.1, 0.15) is 11.3 Å². The van der Waals surface area contributed by atoms with Gasteiger partial charge in [-0.3, -0.25) is 19.8 Å². The zero-order chi connectivity index (χ0) is 18.1. The normalized spacial score (nSPS) is 16.3. The first-order valence-corrected chi connectivity index (χ1v) is 8.12. The number of hydrogen-bond acceptors (Lipinski definition) is 4. The Kier molecular flexibility index (Phi) is 4.57. The molecule has 0 saturated carbocycles. The fraction of sp³-hybridized carbons (Fsp3) is 0.0556. The smallest absolute Gasteiger partial charge is 0.270 e. The third-order valence-corrected chi connectivity index (χ3v) is 4.26. The maximum atomic E-state index is 12.8. The van der Waals surface area contributed by atoms with E-state index in [0.29, 0.717) is 11.3 Å². The van der Waals surface area contributed by atoms with Crippen molar-refractivity contribution in [1.82, 2.24) is 5.32 Å². The molecule has 0 aliphatic carbocycles. The van der Waals surface area contributed by atoms with Crippen LogP contribution in [0.5, 0.6) is 5.75 Å². The second-order valence-electron chi connectivity index (χ2n) is 5.50. The highest BCUT2D eigenvalue weighted by Crippen LogP contribution is 2.26. The Labute approximate surface area is 154 Å². The summed E-state index contributed by atoms with van der Waals surface area (Å²) < 4.78 is 0. The molecule has 2 N–H and O–H groups in total. The van der Waals surface area contributed by atoms with Gasteiger partial charge in [0.25, 0.3) is 11.8 Å². The van der Waals surface area contributed by atoms with E-state index in [1.807, 2.05) is 19.1 Å². The Balaban J connectivity index is 2.01. The van der Waals surface area contributed by atoms with Crippen molar-refractivity contribution in [2.24, 2.45) is 0 Å². The summed E-state index contributed by atoms with van der Waals surface area (Å²) in [6.45, 7) is 1.93. The topological polar surface area (TPSA) is 69.6 Å². The molecule has 0 unspecified atom stereocenters. The van der Waals surface area contributed by atoms with Crippen molar-refractivity contribution in [3.05, 3.63) is 64.2 Å². The van der Waals surface area contributed by atoms with Gasteiger partial charge in [-0.15, -0.1) is 0 Å². The molecule has 1 aliphatic rings. The zero-order valence-corrected chi connectivity index (χ0v) is 14.7. The van der Waals surface area contributed by atoms with Crippen molar-refractivity contribution >= 4 is 52.5 Å². The first-order valence-electron chi connectivity index (χ1n) is 7.33. The Bertz CT molecular complexity index is 922. The van der Waals surface area contributed by atoms with Crippen LogP contribution >= 0.6 is 23.8 Å². The lowest BCUT2D eigenvalue weighted by molar-refractivity contribution is -0.122. The molecule has 25 heavy (non-hydrogen) atoms. The summed E-state index contributed by atoms with van der Waals surface area (Å²) in [5.41, 5.74) is 2.04. The van der Waals surface area contributed by atoms with Crippen molar-refractivity contribution in [2.45, 2.75) is 6.92 Å². The van der Waals surface area contributed by atoms with E-state index in [9.17, 15) is 14.7 Å². The van der Waals surface area contributed by atoms with Crippen LogP contribution < -0.4 is 10.2 Å². The van der Waals surface area contributed by atoms with Crippen LogP contribution in [0, 0.1) is 6.92 Å². The fourth-order valence-electron chi connectivity index (χ4n) is 2.37. The van der Waals surface area contributed by atoms with E-state index in [4.69, 9.17) is 23.8 Å². The van der Waals surface area contributed by atoms with Gasteiger partial charge in [0.05, 0.1) is 10.7 Å². The first kappa shape index (κ1) is 17.1. The summed E-state index contributed by atoms with van der Waals surface area (Å²) >= 11 is 11.0. The van der Waals surface area contributed by atoms with Crippen LogP contribution in [0.3, 0.4) is 0 Å². The largest absolute Gasteiger partial charge is 0.506 e. The third-order valence-electron chi connectivity index (χ3n) is 3.68. The predicted molar refractivity (Wildman–Crippen MR) is 100 cm³/mol. The molecule has 1 aliphatic heterocycles. The third kappa shape index (κ3) is 3.40. The van der Waals surface area contributed by atoms with Crippen LogP contribution in [0.25, 0.3) is 6.08 Å². The second-order valence-corrected chi connectivity index (χ2v) is 6.30. The summed E-state index contributed by atoms with van der Waals surface area (Å²) in [6, 6.07) is 11.6. The summed E-state index contributed by atoms with van der Waals surface area (Å²) in [5, 5.41) is 12.1. The molecular formula is C18H13ClN2O3S. The number of nitrogens with one attached hydrogen (secondary N) is 1. The van der Waals surface area contributed by atoms with E-state index in [1.165, 1.54) is 23.1 Å². The Morgan fingerprint density at radius 3 is 2.48 bits per heavy atom. The lowest BCUT2D eigenvalue weighted by atomic mass is 10.1. The number of hydrogen-bond donors (Lipinski definition) is 2. The van der Waals surface area contributed by atoms with Crippen molar-refractivity contribution in [3.63, 3.8) is 0 Å². The lowest BCUT2D eigenvalue weighted by Gasteiger charge is -2.29. The Morgan fingerprint density at radius 1 is 1.16 bits per heavy atom. The van der Waals surface area contributed by atoms with E-state index in [-0.39, 0.29) is 21.5 Å². The zero-order valence-electron chi connectivity index (χ0n) is 13.1. The molecule has 3 rings (SSSR count). The maximum Gasteiger partial charge on any atom is 0.270 e. The van der Waals surface area contributed by atoms with Gasteiger partial charge in [-0.1, -0.05) is 35.4 Å². The molecule has 2 aromatic carbocycles. The Hall–Kier alpha value is -2.70. The van der Waals surface area contributed by atoms with Gasteiger partial charge < -0.3 is 5.11 Å². The van der Waals surface area contributed by atoms with E-state index in [2.05, 4.69) is 5.32 Å². The van der Waals surface area contributed by atoms with Crippen LogP contribution in [0.15, 0.2) is 48.0 Å². The standard InChI is InChI=1S/C18H13ClN2O3S/c1-10-2-5-12(6-3-10)21-17(24)13(16(23)20-18(21)25)8-11-4-7-15(22)14(19)9-11/h2-9,22H,1H3,(H,20,23,25)/b13-8+. The van der Waals surface area contributed by atoms with Crippen LogP contribution in [0.2, 0.25) is 5.02 Å². The van der Waals surface area contributed by atoms with Crippen LogP contribution in [0.1, 0.15) is 11.1 Å². The Morgan fingerprint density at radius 2 is 1.84 bits per heavy atom. The molecular weight excluding hydrogens is 360 g/mol. The van der Waals surface area contributed by atoms with Crippen LogP contribution in [-0.2, 0) is 9.59 Å². The maximum absolute atomic E-state index is 12.8. The van der Waals surface area contributed by atoms with E-state index in [1.54, 1.807) is 18.2 Å². The van der Waals surface area contributed by atoms with Gasteiger partial charge in [-0.2, -0.15) is 0 Å². The molecule has 0 atom stereocenters. The molecule has 1 heterocycles. The van der Waals surface area contributed by atoms with E-state index >= 15 is 0 Å². The number of anilines is 1. The van der Waals surface area contributed by atoms with Crippen molar-refractivity contribution in [3.8, 4) is 5.75 Å². The molecule has 0 radical (unpaired) electrons. The second kappa shape index (κ2) is 6.66. The molecule has 1 fully saturated rings. The molecule has 1 saturated heterocycles. The van der Waals surface area contributed by atoms with Crippen LogP contribution in [-0.4, -0.2) is 22.0 Å². The molecule has 2 amide bonds. The molecule has 0 aromatic heterocycles. The summed E-state index contributed by atoms with van der Waals surface area (Å²) in [7, 11) is 0. The van der Waals surface area contributed by atoms with Gasteiger partial charge in [-0.05, 0) is 55.0 Å². The minimum absolute atomic E-state index is 0.0275. The van der Waals surface area contributed by atoms with Gasteiger partial charge in [0, 0.05) is 0 Å². The van der Waals surface area contributed by atoms with Gasteiger partial charge in [0.2, 0.25) is 0 Å². The minimum Gasteiger partial charge on any atom is -0.506 e. The van der Waals surface area contributed by atoms with Gasteiger partial charge in [0.15, 0.2) is 5.11 Å². The quantitative estimate of drug-likeness (QED) is 0.482. The van der Waals surface area contributed by atoms with Crippen molar-refractivity contribution in [1.29, 1.82) is 0 Å². The van der Waals surface area contributed by atoms with Gasteiger partial charge >= 0.3 is 0 Å². The number of nitrogens with zero attached hydrogens (tertiary/aromatic N) is 1. The number of aromatic hydroxyl groups is 1.